The molecule has 1 aliphatic carbocycles. The van der Waals surface area contributed by atoms with E-state index in [1.807, 2.05) is 22.9 Å². The number of nitrogens with zero attached hydrogens (tertiary/aromatic N) is 3. The van der Waals surface area contributed by atoms with Crippen LogP contribution in [-0.2, 0) is 10.5 Å². The van der Waals surface area contributed by atoms with Crippen molar-refractivity contribution >= 4 is 23.5 Å². The summed E-state index contributed by atoms with van der Waals surface area (Å²) in [5.41, 5.74) is 5.36. The molecule has 0 amide bonds. The van der Waals surface area contributed by atoms with E-state index >= 15 is 0 Å². The Morgan fingerprint density at radius 1 is 1.10 bits per heavy atom. The fourth-order valence-corrected chi connectivity index (χ4v) is 4.76. The third-order valence-corrected chi connectivity index (χ3v) is 6.36. The van der Waals surface area contributed by atoms with Crippen molar-refractivity contribution in [3.63, 3.8) is 0 Å². The van der Waals surface area contributed by atoms with Crippen molar-refractivity contribution in [2.75, 3.05) is 5.32 Å². The van der Waals surface area contributed by atoms with Crippen molar-refractivity contribution < 1.29 is 4.79 Å². The number of hydrogen-bond donors (Lipinski definition) is 1. The molecular formula is C23H22N4OS. The van der Waals surface area contributed by atoms with Gasteiger partial charge in [0.2, 0.25) is 11.1 Å². The van der Waals surface area contributed by atoms with Gasteiger partial charge in [-0.2, -0.15) is 4.98 Å². The molecule has 0 fully saturated rings. The van der Waals surface area contributed by atoms with Crippen molar-refractivity contribution in [1.82, 2.24) is 14.8 Å². The van der Waals surface area contributed by atoms with Crippen molar-refractivity contribution in [2.45, 2.75) is 43.1 Å². The Morgan fingerprint density at radius 3 is 2.69 bits per heavy atom. The van der Waals surface area contributed by atoms with Gasteiger partial charge in [-0.15, -0.1) is 5.10 Å². The van der Waals surface area contributed by atoms with Gasteiger partial charge in [0.1, 0.15) is 6.04 Å². The van der Waals surface area contributed by atoms with Gasteiger partial charge in [0.15, 0.2) is 5.78 Å². The number of hydrogen-bond acceptors (Lipinski definition) is 5. The molecule has 5 nitrogen and oxygen atoms in total. The molecule has 0 spiro atoms. The van der Waals surface area contributed by atoms with Gasteiger partial charge in [-0.1, -0.05) is 71.9 Å². The van der Waals surface area contributed by atoms with Crippen LogP contribution in [0.5, 0.6) is 0 Å². The highest BCUT2D eigenvalue weighted by atomic mass is 32.2. The van der Waals surface area contributed by atoms with Crippen LogP contribution in [0.3, 0.4) is 0 Å². The van der Waals surface area contributed by atoms with E-state index in [-0.39, 0.29) is 11.8 Å². The first kappa shape index (κ1) is 18.2. The summed E-state index contributed by atoms with van der Waals surface area (Å²) in [5.74, 6) is 1.74. The number of benzene rings is 2. The van der Waals surface area contributed by atoms with E-state index in [9.17, 15) is 4.79 Å². The SMILES string of the molecule is Cc1ccc(C2C3=C(CCCC3=O)Nc3nc(SCc4ccccc4)nn32)cc1. The maximum Gasteiger partial charge on any atom is 0.227 e. The summed E-state index contributed by atoms with van der Waals surface area (Å²) in [5, 5.41) is 8.91. The Hall–Kier alpha value is -2.86. The van der Waals surface area contributed by atoms with E-state index in [4.69, 9.17) is 10.1 Å². The van der Waals surface area contributed by atoms with Crippen LogP contribution in [0.2, 0.25) is 0 Å². The fourth-order valence-electron chi connectivity index (χ4n) is 3.98. The number of carbonyl (C=O) groups is 1. The number of Topliss-reactive ketones (excluding diaryl/α,β-unsaturated/α-hetero) is 1. The van der Waals surface area contributed by atoms with Crippen LogP contribution in [0.25, 0.3) is 0 Å². The highest BCUT2D eigenvalue weighted by Crippen LogP contribution is 2.40. The van der Waals surface area contributed by atoms with E-state index in [1.54, 1.807) is 11.8 Å². The first-order valence-electron chi connectivity index (χ1n) is 9.92. The second kappa shape index (κ2) is 7.52. The summed E-state index contributed by atoms with van der Waals surface area (Å²) in [7, 11) is 0. The van der Waals surface area contributed by atoms with Crippen LogP contribution < -0.4 is 5.32 Å². The number of nitrogens with one attached hydrogen (secondary N) is 1. The number of anilines is 1. The normalized spacial score (nSPS) is 18.2. The molecule has 146 valence electrons. The van der Waals surface area contributed by atoms with Gasteiger partial charge in [-0.25, -0.2) is 4.68 Å². The summed E-state index contributed by atoms with van der Waals surface area (Å²) in [6, 6.07) is 18.5. The Balaban J connectivity index is 1.52. The van der Waals surface area contributed by atoms with Crippen LogP contribution in [0.1, 0.15) is 42.0 Å². The van der Waals surface area contributed by atoms with Crippen LogP contribution >= 0.6 is 11.8 Å². The largest absolute Gasteiger partial charge is 0.328 e. The van der Waals surface area contributed by atoms with Gasteiger partial charge in [-0.3, -0.25) is 4.79 Å². The molecular weight excluding hydrogens is 380 g/mol. The number of rotatable bonds is 4. The average Bonchev–Trinajstić information content (AvgIpc) is 3.15. The van der Waals surface area contributed by atoms with Crippen molar-refractivity contribution in [1.29, 1.82) is 0 Å². The number of carbonyl (C=O) groups excluding carboxylic acids is 1. The summed E-state index contributed by atoms with van der Waals surface area (Å²) in [6.07, 6.45) is 2.36. The lowest BCUT2D eigenvalue weighted by Crippen LogP contribution is -2.31. The molecule has 1 N–H and O–H groups in total. The van der Waals surface area contributed by atoms with Crippen molar-refractivity contribution in [3.8, 4) is 0 Å². The first-order chi connectivity index (χ1) is 14.2. The second-order valence-electron chi connectivity index (χ2n) is 7.54. The van der Waals surface area contributed by atoms with Crippen molar-refractivity contribution in [2.24, 2.45) is 0 Å². The van der Waals surface area contributed by atoms with Crippen LogP contribution in [0.15, 0.2) is 71.0 Å². The van der Waals surface area contributed by atoms with Gasteiger partial charge in [0.25, 0.3) is 0 Å². The summed E-state index contributed by atoms with van der Waals surface area (Å²) >= 11 is 1.61. The third kappa shape index (κ3) is 3.49. The standard InChI is InChI=1S/C23H22N4OS/c1-15-10-12-17(13-11-15)21-20-18(8-5-9-19(20)28)24-22-25-23(26-27(21)22)29-14-16-6-3-2-4-7-16/h2-4,6-7,10-13,21H,5,8-9,14H2,1H3,(H,24,25,26). The molecule has 1 atom stereocenters. The van der Waals surface area contributed by atoms with E-state index in [0.29, 0.717) is 6.42 Å². The van der Waals surface area contributed by atoms with Gasteiger partial charge in [-0.05, 0) is 30.9 Å². The molecule has 2 aromatic carbocycles. The number of thioether (sulfide) groups is 1. The minimum Gasteiger partial charge on any atom is -0.328 e. The molecule has 29 heavy (non-hydrogen) atoms. The quantitative estimate of drug-likeness (QED) is 0.629. The maximum atomic E-state index is 12.8. The molecule has 0 bridgehead atoms. The minimum atomic E-state index is -0.215. The zero-order valence-corrected chi connectivity index (χ0v) is 17.1. The summed E-state index contributed by atoms with van der Waals surface area (Å²) < 4.78 is 1.89. The highest BCUT2D eigenvalue weighted by Gasteiger charge is 2.36. The average molecular weight is 403 g/mol. The molecule has 0 saturated carbocycles. The smallest absolute Gasteiger partial charge is 0.227 e. The predicted octanol–water partition coefficient (Wildman–Crippen LogP) is 4.90. The summed E-state index contributed by atoms with van der Waals surface area (Å²) in [4.78, 5) is 17.6. The zero-order chi connectivity index (χ0) is 19.8. The molecule has 0 radical (unpaired) electrons. The molecule has 1 aliphatic heterocycles. The third-order valence-electron chi connectivity index (χ3n) is 5.45. The van der Waals surface area contributed by atoms with Crippen LogP contribution in [0, 0.1) is 6.92 Å². The Labute approximate surface area is 174 Å². The van der Waals surface area contributed by atoms with Gasteiger partial charge >= 0.3 is 0 Å². The van der Waals surface area contributed by atoms with Gasteiger partial charge < -0.3 is 5.32 Å². The molecule has 5 rings (SSSR count). The Kier molecular flexibility index (Phi) is 4.72. The summed E-state index contributed by atoms with van der Waals surface area (Å²) in [6.45, 7) is 2.07. The monoisotopic (exact) mass is 402 g/mol. The van der Waals surface area contributed by atoms with E-state index in [1.165, 1.54) is 11.1 Å². The lowest BCUT2D eigenvalue weighted by Gasteiger charge is -2.32. The number of allylic oxidation sites excluding steroid dienone is 2. The molecule has 6 heteroatoms. The van der Waals surface area contributed by atoms with E-state index < -0.39 is 0 Å². The van der Waals surface area contributed by atoms with E-state index in [2.05, 4.69) is 48.6 Å². The first-order valence-corrected chi connectivity index (χ1v) is 10.9. The van der Waals surface area contributed by atoms with Gasteiger partial charge in [0.05, 0.1) is 0 Å². The van der Waals surface area contributed by atoms with Crippen LogP contribution in [0.4, 0.5) is 5.95 Å². The van der Waals surface area contributed by atoms with Crippen LogP contribution in [-0.4, -0.2) is 20.5 Å². The lowest BCUT2D eigenvalue weighted by atomic mass is 9.85. The number of aryl methyl sites for hydroxylation is 1. The molecule has 1 unspecified atom stereocenters. The molecule has 0 saturated heterocycles. The lowest BCUT2D eigenvalue weighted by molar-refractivity contribution is -0.116. The van der Waals surface area contributed by atoms with Crippen molar-refractivity contribution in [3.05, 3.63) is 82.6 Å². The number of aromatic nitrogens is 3. The molecule has 3 aromatic rings. The molecule has 1 aromatic heterocycles. The second-order valence-corrected chi connectivity index (χ2v) is 8.49. The number of ketones is 1. The Morgan fingerprint density at radius 2 is 1.90 bits per heavy atom. The fraction of sp³-hybridized carbons (Fsp3) is 0.261. The Bertz CT molecular complexity index is 1090. The highest BCUT2D eigenvalue weighted by molar-refractivity contribution is 7.98. The minimum absolute atomic E-state index is 0.212. The topological polar surface area (TPSA) is 59.8 Å². The number of fused-ring (bicyclic) bond motifs is 1. The van der Waals surface area contributed by atoms with E-state index in [0.717, 1.165) is 46.5 Å². The van der Waals surface area contributed by atoms with Gasteiger partial charge in [0, 0.05) is 23.4 Å². The predicted molar refractivity (Wildman–Crippen MR) is 115 cm³/mol. The maximum absolute atomic E-state index is 12.8. The zero-order valence-electron chi connectivity index (χ0n) is 16.3. The molecule has 2 aliphatic rings. The molecule has 2 heterocycles.